The average Bonchev–Trinajstić information content (AvgIpc) is 2.78. The van der Waals surface area contributed by atoms with Gasteiger partial charge in [0.25, 0.3) is 0 Å². The maximum atomic E-state index is 13.3. The van der Waals surface area contributed by atoms with Crippen LogP contribution in [0.3, 0.4) is 0 Å². The average molecular weight is 356 g/mol. The zero-order valence-electron chi connectivity index (χ0n) is 12.4. The van der Waals surface area contributed by atoms with Gasteiger partial charge in [-0.1, -0.05) is 41.9 Å². The van der Waals surface area contributed by atoms with Gasteiger partial charge in [-0.05, 0) is 30.0 Å². The zero-order valence-corrected chi connectivity index (χ0v) is 13.9. The molecule has 2 rings (SSSR count). The summed E-state index contributed by atoms with van der Waals surface area (Å²) < 4.78 is 19.2. The summed E-state index contributed by atoms with van der Waals surface area (Å²) in [6.07, 6.45) is 1.37. The van der Waals surface area contributed by atoms with Crippen LogP contribution in [0.15, 0.2) is 27.2 Å². The Bertz CT molecular complexity index is 622. The maximum Gasteiger partial charge on any atom is 0.228 e. The van der Waals surface area contributed by atoms with E-state index in [4.69, 9.17) is 10.3 Å². The Hall–Kier alpha value is -1.27. The monoisotopic (exact) mass is 355 g/mol. The maximum absolute atomic E-state index is 13.3. The molecule has 1 aromatic heterocycles. The van der Waals surface area contributed by atoms with Crippen molar-refractivity contribution in [1.29, 1.82) is 0 Å². The van der Waals surface area contributed by atoms with Crippen LogP contribution in [0.1, 0.15) is 33.1 Å². The van der Waals surface area contributed by atoms with Crippen molar-refractivity contribution in [3.63, 3.8) is 0 Å². The van der Waals surface area contributed by atoms with E-state index in [0.29, 0.717) is 23.7 Å². The number of hydrogen-bond acceptors (Lipinski definition) is 4. The predicted molar refractivity (Wildman–Crippen MR) is 83.1 cm³/mol. The largest absolute Gasteiger partial charge is 0.339 e. The van der Waals surface area contributed by atoms with Gasteiger partial charge in [0, 0.05) is 22.5 Å². The minimum absolute atomic E-state index is 0.0470. The van der Waals surface area contributed by atoms with Crippen molar-refractivity contribution in [1.82, 2.24) is 10.1 Å². The molecule has 1 heterocycles. The third-order valence-electron chi connectivity index (χ3n) is 2.95. The third-order valence-corrected chi connectivity index (χ3v) is 3.64. The van der Waals surface area contributed by atoms with Gasteiger partial charge < -0.3 is 10.3 Å². The minimum Gasteiger partial charge on any atom is -0.339 e. The number of halogens is 2. The second-order valence-electron chi connectivity index (χ2n) is 6.36. The fourth-order valence-corrected chi connectivity index (χ4v) is 2.62. The van der Waals surface area contributed by atoms with Gasteiger partial charge in [-0.3, -0.25) is 0 Å². The molecule has 1 aromatic carbocycles. The van der Waals surface area contributed by atoms with Crippen LogP contribution in [-0.2, 0) is 6.42 Å². The molecular formula is C15H19BrFN3O. The van der Waals surface area contributed by atoms with E-state index in [0.717, 1.165) is 10.9 Å². The number of aromatic nitrogens is 2. The molecule has 0 bridgehead atoms. The topological polar surface area (TPSA) is 64.9 Å². The SMILES string of the molecule is CC(C)(C)CC(N)Cc1nc(-c2cc(F)ccc2Br)no1. The number of rotatable bonds is 4. The van der Waals surface area contributed by atoms with Gasteiger partial charge in [0.1, 0.15) is 5.82 Å². The highest BCUT2D eigenvalue weighted by atomic mass is 79.9. The third kappa shape index (κ3) is 4.61. The van der Waals surface area contributed by atoms with Crippen molar-refractivity contribution in [3.8, 4) is 11.4 Å². The number of hydrogen-bond donors (Lipinski definition) is 1. The molecule has 6 heteroatoms. The van der Waals surface area contributed by atoms with Gasteiger partial charge in [-0.25, -0.2) is 4.39 Å². The summed E-state index contributed by atoms with van der Waals surface area (Å²) in [5.74, 6) is 0.487. The van der Waals surface area contributed by atoms with Gasteiger partial charge in [-0.15, -0.1) is 0 Å². The molecule has 0 saturated heterocycles. The number of benzene rings is 1. The molecule has 0 spiro atoms. The molecular weight excluding hydrogens is 337 g/mol. The Kier molecular flexibility index (Phi) is 4.78. The minimum atomic E-state index is -0.344. The molecule has 0 fully saturated rings. The Morgan fingerprint density at radius 2 is 2.10 bits per heavy atom. The summed E-state index contributed by atoms with van der Waals surface area (Å²) in [5.41, 5.74) is 6.81. The highest BCUT2D eigenvalue weighted by molar-refractivity contribution is 9.10. The Labute approximate surface area is 132 Å². The fourth-order valence-electron chi connectivity index (χ4n) is 2.20. The normalized spacial score (nSPS) is 13.4. The van der Waals surface area contributed by atoms with E-state index < -0.39 is 0 Å². The molecule has 0 aliphatic rings. The summed E-state index contributed by atoms with van der Waals surface area (Å²) >= 11 is 3.35. The van der Waals surface area contributed by atoms with Crippen molar-refractivity contribution in [2.45, 2.75) is 39.7 Å². The van der Waals surface area contributed by atoms with Crippen LogP contribution in [0.2, 0.25) is 0 Å². The molecule has 0 aliphatic carbocycles. The number of nitrogens with zero attached hydrogens (tertiary/aromatic N) is 2. The summed E-state index contributed by atoms with van der Waals surface area (Å²) in [6.45, 7) is 6.40. The van der Waals surface area contributed by atoms with E-state index >= 15 is 0 Å². The molecule has 0 radical (unpaired) electrons. The summed E-state index contributed by atoms with van der Waals surface area (Å²) in [5, 5.41) is 3.90. The summed E-state index contributed by atoms with van der Waals surface area (Å²) in [4.78, 5) is 4.30. The van der Waals surface area contributed by atoms with Crippen LogP contribution in [0, 0.1) is 11.2 Å². The van der Waals surface area contributed by atoms with E-state index in [-0.39, 0.29) is 17.3 Å². The first-order valence-corrected chi connectivity index (χ1v) is 7.57. The Morgan fingerprint density at radius 3 is 2.76 bits per heavy atom. The van der Waals surface area contributed by atoms with Gasteiger partial charge >= 0.3 is 0 Å². The fraction of sp³-hybridized carbons (Fsp3) is 0.467. The molecule has 21 heavy (non-hydrogen) atoms. The van der Waals surface area contributed by atoms with Crippen molar-refractivity contribution in [2.75, 3.05) is 0 Å². The molecule has 2 N–H and O–H groups in total. The molecule has 0 saturated carbocycles. The van der Waals surface area contributed by atoms with Crippen LogP contribution >= 0.6 is 15.9 Å². The van der Waals surface area contributed by atoms with E-state index in [2.05, 4.69) is 46.8 Å². The standard InChI is InChI=1S/C15H19BrFN3O/c1-15(2,3)8-10(18)7-13-19-14(20-21-13)11-6-9(17)4-5-12(11)16/h4-6,10H,7-8,18H2,1-3H3. The molecule has 2 aromatic rings. The number of nitrogens with two attached hydrogens (primary N) is 1. The lowest BCUT2D eigenvalue weighted by atomic mass is 9.87. The van der Waals surface area contributed by atoms with Gasteiger partial charge in [0.15, 0.2) is 0 Å². The lowest BCUT2D eigenvalue weighted by Gasteiger charge is -2.21. The smallest absolute Gasteiger partial charge is 0.228 e. The van der Waals surface area contributed by atoms with E-state index in [1.54, 1.807) is 6.07 Å². The van der Waals surface area contributed by atoms with E-state index in [1.807, 2.05) is 0 Å². The first-order valence-electron chi connectivity index (χ1n) is 6.78. The lowest BCUT2D eigenvalue weighted by Crippen LogP contribution is -2.28. The summed E-state index contributed by atoms with van der Waals surface area (Å²) in [7, 11) is 0. The van der Waals surface area contributed by atoms with Crippen molar-refractivity contribution in [3.05, 3.63) is 34.4 Å². The zero-order chi connectivity index (χ0) is 15.6. The van der Waals surface area contributed by atoms with Crippen molar-refractivity contribution < 1.29 is 8.91 Å². The Morgan fingerprint density at radius 1 is 1.38 bits per heavy atom. The van der Waals surface area contributed by atoms with Gasteiger partial charge in [0.2, 0.25) is 11.7 Å². The van der Waals surface area contributed by atoms with Crippen LogP contribution in [-0.4, -0.2) is 16.2 Å². The summed E-state index contributed by atoms with van der Waals surface area (Å²) in [6, 6.07) is 4.31. The van der Waals surface area contributed by atoms with Crippen LogP contribution in [0.4, 0.5) is 4.39 Å². The van der Waals surface area contributed by atoms with Crippen molar-refractivity contribution >= 4 is 15.9 Å². The second kappa shape index (κ2) is 6.23. The van der Waals surface area contributed by atoms with Gasteiger partial charge in [0.05, 0.1) is 0 Å². The molecule has 0 aliphatic heterocycles. The second-order valence-corrected chi connectivity index (χ2v) is 7.22. The first kappa shape index (κ1) is 16.1. The molecule has 4 nitrogen and oxygen atoms in total. The van der Waals surface area contributed by atoms with Crippen LogP contribution in [0.25, 0.3) is 11.4 Å². The van der Waals surface area contributed by atoms with Crippen LogP contribution < -0.4 is 5.73 Å². The molecule has 1 unspecified atom stereocenters. The molecule has 0 amide bonds. The highest BCUT2D eigenvalue weighted by Crippen LogP contribution is 2.27. The quantitative estimate of drug-likeness (QED) is 0.901. The highest BCUT2D eigenvalue weighted by Gasteiger charge is 2.19. The van der Waals surface area contributed by atoms with E-state index in [9.17, 15) is 4.39 Å². The Balaban J connectivity index is 2.13. The van der Waals surface area contributed by atoms with Crippen LogP contribution in [0.5, 0.6) is 0 Å². The predicted octanol–water partition coefficient (Wildman–Crippen LogP) is 3.94. The van der Waals surface area contributed by atoms with E-state index in [1.165, 1.54) is 12.1 Å². The molecule has 1 atom stereocenters. The lowest BCUT2D eigenvalue weighted by molar-refractivity contribution is 0.313. The first-order chi connectivity index (χ1) is 9.74. The van der Waals surface area contributed by atoms with Crippen molar-refractivity contribution in [2.24, 2.45) is 11.1 Å². The molecule has 114 valence electrons. The van der Waals surface area contributed by atoms with Gasteiger partial charge in [-0.2, -0.15) is 4.98 Å².